The predicted octanol–water partition coefficient (Wildman–Crippen LogP) is 3.81. The number of rotatable bonds is 7. The van der Waals surface area contributed by atoms with Crippen LogP contribution in [0.25, 0.3) is 5.69 Å². The maximum absolute atomic E-state index is 5.71. The van der Waals surface area contributed by atoms with Crippen LogP contribution >= 0.6 is 12.2 Å². The van der Waals surface area contributed by atoms with Crippen LogP contribution in [0.2, 0.25) is 0 Å². The second kappa shape index (κ2) is 8.85. The normalized spacial score (nSPS) is 18.5. The average Bonchev–Trinajstić information content (AvgIpc) is 3.32. The van der Waals surface area contributed by atoms with Crippen LogP contribution in [0.3, 0.4) is 0 Å². The van der Waals surface area contributed by atoms with Gasteiger partial charge in [-0.2, -0.15) is 0 Å². The molecule has 3 heterocycles. The number of hydrogen-bond donors (Lipinski definition) is 1. The highest BCUT2D eigenvalue weighted by Crippen LogP contribution is 2.40. The van der Waals surface area contributed by atoms with E-state index in [1.807, 2.05) is 36.5 Å². The molecule has 4 rings (SSSR count). The summed E-state index contributed by atoms with van der Waals surface area (Å²) < 4.78 is 13.0. The number of thiocarbonyl (C=S) groups is 1. The zero-order valence-electron chi connectivity index (χ0n) is 17.4. The number of pyridine rings is 1. The second-order valence-electron chi connectivity index (χ2n) is 7.25. The second-order valence-corrected chi connectivity index (χ2v) is 7.63. The quantitative estimate of drug-likeness (QED) is 0.585. The largest absolute Gasteiger partial charge is 0.497 e. The molecule has 0 saturated carbocycles. The zero-order valence-corrected chi connectivity index (χ0v) is 18.2. The molecule has 0 amide bonds. The van der Waals surface area contributed by atoms with E-state index in [-0.39, 0.29) is 12.1 Å². The molecular weight excluding hydrogens is 396 g/mol. The molecule has 156 valence electrons. The molecule has 2 atom stereocenters. The number of aryl methyl sites for hydroxylation is 1. The fourth-order valence-electron chi connectivity index (χ4n) is 4.03. The SMILES string of the molecule is COCCN1C(=S)N[C@H](c2ccccn2)[C@@H]1c1ccc(C)n1-c1ccc(OC)cc1. The van der Waals surface area contributed by atoms with E-state index in [9.17, 15) is 0 Å². The lowest BCUT2D eigenvalue weighted by atomic mass is 10.0. The zero-order chi connectivity index (χ0) is 21.1. The van der Waals surface area contributed by atoms with Crippen LogP contribution in [0.1, 0.15) is 29.2 Å². The molecule has 1 fully saturated rings. The maximum atomic E-state index is 5.71. The molecule has 0 spiro atoms. The Morgan fingerprint density at radius 1 is 1.07 bits per heavy atom. The highest BCUT2D eigenvalue weighted by atomic mass is 32.1. The maximum Gasteiger partial charge on any atom is 0.170 e. The first kappa shape index (κ1) is 20.4. The Hall–Kier alpha value is -2.90. The molecule has 0 unspecified atom stereocenters. The third kappa shape index (κ3) is 3.78. The number of nitrogens with zero attached hydrogens (tertiary/aromatic N) is 3. The molecule has 6 nitrogen and oxygen atoms in total. The monoisotopic (exact) mass is 422 g/mol. The molecule has 30 heavy (non-hydrogen) atoms. The first-order chi connectivity index (χ1) is 14.6. The van der Waals surface area contributed by atoms with Crippen molar-refractivity contribution in [3.05, 3.63) is 77.9 Å². The van der Waals surface area contributed by atoms with E-state index < -0.39 is 0 Å². The van der Waals surface area contributed by atoms with Gasteiger partial charge in [-0.05, 0) is 67.7 Å². The Kier molecular flexibility index (Phi) is 6.01. The van der Waals surface area contributed by atoms with E-state index in [1.54, 1.807) is 14.2 Å². The summed E-state index contributed by atoms with van der Waals surface area (Å²) in [6.07, 6.45) is 1.82. The van der Waals surface area contributed by atoms with Gasteiger partial charge in [-0.25, -0.2) is 0 Å². The van der Waals surface area contributed by atoms with Crippen LogP contribution in [0, 0.1) is 6.92 Å². The van der Waals surface area contributed by atoms with E-state index in [0.29, 0.717) is 18.3 Å². The van der Waals surface area contributed by atoms with Gasteiger partial charge in [0.05, 0.1) is 31.5 Å². The molecule has 1 aromatic carbocycles. The van der Waals surface area contributed by atoms with Crippen LogP contribution in [-0.4, -0.2) is 46.9 Å². The number of benzene rings is 1. The standard InChI is InChI=1S/C23H26N4O2S/c1-16-7-12-20(27(16)17-8-10-18(29-3)11-9-17)22-21(19-6-4-5-13-24-19)25-23(30)26(22)14-15-28-2/h4-13,21-22H,14-15H2,1-3H3,(H,25,30)/t21-,22+/m1/s1. The molecule has 1 N–H and O–H groups in total. The highest BCUT2D eigenvalue weighted by molar-refractivity contribution is 7.80. The van der Waals surface area contributed by atoms with Crippen LogP contribution in [-0.2, 0) is 4.74 Å². The molecular formula is C23H26N4O2S. The van der Waals surface area contributed by atoms with E-state index >= 15 is 0 Å². The van der Waals surface area contributed by atoms with Crippen molar-refractivity contribution in [1.29, 1.82) is 0 Å². The molecule has 0 bridgehead atoms. The van der Waals surface area contributed by atoms with Crippen LogP contribution in [0.15, 0.2) is 60.8 Å². The summed E-state index contributed by atoms with van der Waals surface area (Å²) in [7, 11) is 3.39. The minimum Gasteiger partial charge on any atom is -0.497 e. The molecule has 1 aliphatic rings. The van der Waals surface area contributed by atoms with Crippen molar-refractivity contribution >= 4 is 17.3 Å². The number of hydrogen-bond acceptors (Lipinski definition) is 4. The van der Waals surface area contributed by atoms with Crippen molar-refractivity contribution in [2.45, 2.75) is 19.0 Å². The van der Waals surface area contributed by atoms with Gasteiger partial charge in [0.15, 0.2) is 5.11 Å². The Balaban J connectivity index is 1.81. The predicted molar refractivity (Wildman–Crippen MR) is 121 cm³/mol. The smallest absolute Gasteiger partial charge is 0.170 e. The molecule has 2 aromatic heterocycles. The summed E-state index contributed by atoms with van der Waals surface area (Å²) in [5.41, 5.74) is 4.35. The van der Waals surface area contributed by atoms with Gasteiger partial charge >= 0.3 is 0 Å². The molecule has 0 radical (unpaired) electrons. The lowest BCUT2D eigenvalue weighted by Crippen LogP contribution is -2.33. The number of methoxy groups -OCH3 is 2. The van der Waals surface area contributed by atoms with Gasteiger partial charge in [-0.15, -0.1) is 0 Å². The summed E-state index contributed by atoms with van der Waals surface area (Å²) >= 11 is 5.71. The first-order valence-corrected chi connectivity index (χ1v) is 10.3. The summed E-state index contributed by atoms with van der Waals surface area (Å²) in [5.74, 6) is 0.835. The third-order valence-electron chi connectivity index (χ3n) is 5.47. The molecule has 1 saturated heterocycles. The Morgan fingerprint density at radius 2 is 1.87 bits per heavy atom. The van der Waals surface area contributed by atoms with Gasteiger partial charge < -0.3 is 24.3 Å². The summed E-state index contributed by atoms with van der Waals surface area (Å²) in [6.45, 7) is 3.41. The minimum atomic E-state index is -0.0538. The van der Waals surface area contributed by atoms with Gasteiger partial charge in [0, 0.05) is 36.9 Å². The average molecular weight is 423 g/mol. The lowest BCUT2D eigenvalue weighted by Gasteiger charge is -2.29. The first-order valence-electron chi connectivity index (χ1n) is 9.93. The molecule has 1 aliphatic heterocycles. The van der Waals surface area contributed by atoms with Crippen molar-refractivity contribution in [3.63, 3.8) is 0 Å². The third-order valence-corrected chi connectivity index (χ3v) is 5.83. The Labute approximate surface area is 182 Å². The molecule has 7 heteroatoms. The van der Waals surface area contributed by atoms with E-state index in [1.165, 1.54) is 0 Å². The fourth-order valence-corrected chi connectivity index (χ4v) is 4.36. The summed E-state index contributed by atoms with van der Waals surface area (Å²) in [4.78, 5) is 6.81. The van der Waals surface area contributed by atoms with Gasteiger partial charge in [0.1, 0.15) is 5.75 Å². The van der Waals surface area contributed by atoms with Crippen LogP contribution in [0.4, 0.5) is 0 Å². The van der Waals surface area contributed by atoms with Crippen molar-refractivity contribution in [1.82, 2.24) is 19.8 Å². The highest BCUT2D eigenvalue weighted by Gasteiger charge is 2.41. The fraction of sp³-hybridized carbons (Fsp3) is 0.304. The summed E-state index contributed by atoms with van der Waals surface area (Å²) in [5, 5.41) is 4.21. The Morgan fingerprint density at radius 3 is 2.53 bits per heavy atom. The van der Waals surface area contributed by atoms with Crippen molar-refractivity contribution in [2.75, 3.05) is 27.4 Å². The van der Waals surface area contributed by atoms with Crippen molar-refractivity contribution in [3.8, 4) is 11.4 Å². The molecule has 0 aliphatic carbocycles. The van der Waals surface area contributed by atoms with Gasteiger partial charge in [-0.1, -0.05) is 6.07 Å². The van der Waals surface area contributed by atoms with Crippen molar-refractivity contribution in [2.24, 2.45) is 0 Å². The number of ether oxygens (including phenoxy) is 2. The van der Waals surface area contributed by atoms with Crippen LogP contribution < -0.4 is 10.1 Å². The minimum absolute atomic E-state index is 0.0154. The van der Waals surface area contributed by atoms with E-state index in [0.717, 1.165) is 28.5 Å². The van der Waals surface area contributed by atoms with Crippen LogP contribution in [0.5, 0.6) is 5.75 Å². The number of aromatic nitrogens is 2. The van der Waals surface area contributed by atoms with E-state index in [4.69, 9.17) is 21.7 Å². The van der Waals surface area contributed by atoms with E-state index in [2.05, 4.69) is 51.0 Å². The van der Waals surface area contributed by atoms with Gasteiger partial charge in [0.2, 0.25) is 0 Å². The van der Waals surface area contributed by atoms with Gasteiger partial charge in [0.25, 0.3) is 0 Å². The topological polar surface area (TPSA) is 51.5 Å². The van der Waals surface area contributed by atoms with Crippen molar-refractivity contribution < 1.29 is 9.47 Å². The Bertz CT molecular complexity index is 1000. The number of nitrogens with one attached hydrogen (secondary N) is 1. The molecule has 3 aromatic rings. The summed E-state index contributed by atoms with van der Waals surface area (Å²) in [6, 6.07) is 18.3. The van der Waals surface area contributed by atoms with Gasteiger partial charge in [-0.3, -0.25) is 4.98 Å². The lowest BCUT2D eigenvalue weighted by molar-refractivity contribution is 0.163.